The first-order chi connectivity index (χ1) is 13.1. The average molecular weight is 386 g/mol. The van der Waals surface area contributed by atoms with E-state index in [-0.39, 0.29) is 5.91 Å². The number of nitrogens with one attached hydrogen (secondary N) is 1. The molecule has 1 N–H and O–H groups in total. The molecule has 4 nitrogen and oxygen atoms in total. The van der Waals surface area contributed by atoms with Gasteiger partial charge < -0.3 is 10.2 Å². The molecular weight excluding hydrogens is 358 g/mol. The topological polar surface area (TPSA) is 35.6 Å². The van der Waals surface area contributed by atoms with E-state index in [0.717, 1.165) is 51.3 Å². The number of benzene rings is 2. The first-order valence-corrected chi connectivity index (χ1v) is 10.0. The maximum Gasteiger partial charge on any atom is 0.224 e. The minimum absolute atomic E-state index is 0.0709. The third-order valence-electron chi connectivity index (χ3n) is 4.99. The molecule has 0 bridgehead atoms. The smallest absolute Gasteiger partial charge is 0.224 e. The summed E-state index contributed by atoms with van der Waals surface area (Å²) in [7, 11) is 0. The number of piperazine rings is 1. The van der Waals surface area contributed by atoms with Crippen LogP contribution < -0.4 is 10.2 Å². The van der Waals surface area contributed by atoms with E-state index in [1.54, 1.807) is 0 Å². The van der Waals surface area contributed by atoms with Crippen LogP contribution in [0.15, 0.2) is 48.5 Å². The Bertz CT molecular complexity index is 739. The summed E-state index contributed by atoms with van der Waals surface area (Å²) in [4.78, 5) is 17.0. The Morgan fingerprint density at radius 2 is 1.81 bits per heavy atom. The maximum absolute atomic E-state index is 12.0. The Labute approximate surface area is 167 Å². The molecule has 0 radical (unpaired) electrons. The molecule has 1 fully saturated rings. The van der Waals surface area contributed by atoms with Gasteiger partial charge in [-0.1, -0.05) is 35.9 Å². The van der Waals surface area contributed by atoms with Gasteiger partial charge in [-0.05, 0) is 55.3 Å². The van der Waals surface area contributed by atoms with E-state index in [1.807, 2.05) is 24.3 Å². The molecule has 0 spiro atoms. The first kappa shape index (κ1) is 19.7. The number of hydrogen-bond acceptors (Lipinski definition) is 3. The highest BCUT2D eigenvalue weighted by molar-refractivity contribution is 6.30. The van der Waals surface area contributed by atoms with Gasteiger partial charge in [0, 0.05) is 43.4 Å². The Morgan fingerprint density at radius 1 is 1.07 bits per heavy atom. The van der Waals surface area contributed by atoms with Gasteiger partial charge in [-0.15, -0.1) is 0 Å². The van der Waals surface area contributed by atoms with Crippen LogP contribution in [0.25, 0.3) is 0 Å². The van der Waals surface area contributed by atoms with Crippen molar-refractivity contribution in [3.05, 3.63) is 64.7 Å². The molecule has 5 heteroatoms. The molecule has 2 aromatic rings. The molecule has 3 rings (SSSR count). The van der Waals surface area contributed by atoms with Gasteiger partial charge >= 0.3 is 0 Å². The number of carbonyl (C=O) groups is 1. The highest BCUT2D eigenvalue weighted by Gasteiger charge is 2.16. The van der Waals surface area contributed by atoms with Crippen molar-refractivity contribution < 1.29 is 4.79 Å². The van der Waals surface area contributed by atoms with Gasteiger partial charge in [-0.25, -0.2) is 0 Å². The van der Waals surface area contributed by atoms with Crippen molar-refractivity contribution in [2.45, 2.75) is 19.8 Å². The summed E-state index contributed by atoms with van der Waals surface area (Å²) in [6.45, 7) is 8.17. The van der Waals surface area contributed by atoms with E-state index in [0.29, 0.717) is 11.4 Å². The van der Waals surface area contributed by atoms with Crippen LogP contribution in [0.2, 0.25) is 5.02 Å². The largest absolute Gasteiger partial charge is 0.369 e. The number of anilines is 1. The predicted octanol–water partition coefficient (Wildman–Crippen LogP) is 3.52. The lowest BCUT2D eigenvalue weighted by Crippen LogP contribution is -2.47. The van der Waals surface area contributed by atoms with Crippen LogP contribution in [-0.4, -0.2) is 50.1 Å². The summed E-state index contributed by atoms with van der Waals surface area (Å²) in [5, 5.41) is 3.71. The van der Waals surface area contributed by atoms with Gasteiger partial charge in [0.1, 0.15) is 0 Å². The molecule has 0 unspecified atom stereocenters. The molecule has 1 saturated heterocycles. The molecule has 0 atom stereocenters. The monoisotopic (exact) mass is 385 g/mol. The number of nitrogens with zero attached hydrogens (tertiary/aromatic N) is 2. The first-order valence-electron chi connectivity index (χ1n) is 9.65. The van der Waals surface area contributed by atoms with Crippen molar-refractivity contribution in [2.24, 2.45) is 0 Å². The number of aryl methyl sites for hydroxylation is 1. The highest BCUT2D eigenvalue weighted by Crippen LogP contribution is 2.17. The van der Waals surface area contributed by atoms with Gasteiger partial charge in [0.15, 0.2) is 0 Å². The van der Waals surface area contributed by atoms with Gasteiger partial charge in [-0.2, -0.15) is 0 Å². The van der Waals surface area contributed by atoms with Crippen LogP contribution in [0.3, 0.4) is 0 Å². The fourth-order valence-electron chi connectivity index (χ4n) is 3.43. The number of rotatable bonds is 7. The third-order valence-corrected chi connectivity index (χ3v) is 5.24. The minimum Gasteiger partial charge on any atom is -0.369 e. The number of amides is 1. The summed E-state index contributed by atoms with van der Waals surface area (Å²) in [5.74, 6) is 0.0709. The predicted molar refractivity (Wildman–Crippen MR) is 113 cm³/mol. The second kappa shape index (κ2) is 9.77. The normalized spacial score (nSPS) is 15.0. The molecule has 0 aliphatic carbocycles. The second-order valence-corrected chi connectivity index (χ2v) is 7.61. The maximum atomic E-state index is 12.0. The van der Waals surface area contributed by atoms with Crippen molar-refractivity contribution in [2.75, 3.05) is 44.2 Å². The fraction of sp³-hybridized carbons (Fsp3) is 0.409. The quantitative estimate of drug-likeness (QED) is 0.741. The molecular formula is C22H28ClN3O. The Kier molecular flexibility index (Phi) is 7.13. The van der Waals surface area contributed by atoms with E-state index < -0.39 is 0 Å². The lowest BCUT2D eigenvalue weighted by Gasteiger charge is -2.36. The standard InChI is InChI=1S/C22H28ClN3O/c1-18-4-2-5-21(16-18)26-14-12-25(13-15-26)11-3-10-24-22(27)17-19-6-8-20(23)9-7-19/h2,4-9,16H,3,10-15,17H2,1H3,(H,24,27). The zero-order valence-electron chi connectivity index (χ0n) is 16.0. The van der Waals surface area contributed by atoms with Gasteiger partial charge in [0.2, 0.25) is 5.91 Å². The number of carbonyl (C=O) groups excluding carboxylic acids is 1. The van der Waals surface area contributed by atoms with Crippen molar-refractivity contribution in [3.8, 4) is 0 Å². The van der Waals surface area contributed by atoms with Crippen LogP contribution >= 0.6 is 11.6 Å². The molecule has 0 aromatic heterocycles. The Morgan fingerprint density at radius 3 is 2.52 bits per heavy atom. The summed E-state index contributed by atoms with van der Waals surface area (Å²) in [5.41, 5.74) is 3.62. The van der Waals surface area contributed by atoms with Crippen molar-refractivity contribution in [1.82, 2.24) is 10.2 Å². The minimum atomic E-state index is 0.0709. The van der Waals surface area contributed by atoms with E-state index >= 15 is 0 Å². The Balaban J connectivity index is 1.31. The van der Waals surface area contributed by atoms with Crippen LogP contribution in [0, 0.1) is 6.92 Å². The number of halogens is 1. The van der Waals surface area contributed by atoms with Gasteiger partial charge in [-0.3, -0.25) is 9.69 Å². The zero-order valence-corrected chi connectivity index (χ0v) is 16.7. The average Bonchev–Trinajstić information content (AvgIpc) is 2.68. The van der Waals surface area contributed by atoms with Crippen LogP contribution in [0.4, 0.5) is 5.69 Å². The van der Waals surface area contributed by atoms with Crippen LogP contribution in [-0.2, 0) is 11.2 Å². The fourth-order valence-corrected chi connectivity index (χ4v) is 3.56. The molecule has 1 aliphatic rings. The van der Waals surface area contributed by atoms with Gasteiger partial charge in [0.25, 0.3) is 0 Å². The van der Waals surface area contributed by atoms with E-state index in [1.165, 1.54) is 11.3 Å². The summed E-state index contributed by atoms with van der Waals surface area (Å²) in [6.07, 6.45) is 1.39. The summed E-state index contributed by atoms with van der Waals surface area (Å²) >= 11 is 5.87. The lowest BCUT2D eigenvalue weighted by atomic mass is 10.1. The summed E-state index contributed by atoms with van der Waals surface area (Å²) < 4.78 is 0. The van der Waals surface area contributed by atoms with Crippen LogP contribution in [0.5, 0.6) is 0 Å². The number of hydrogen-bond donors (Lipinski definition) is 1. The summed E-state index contributed by atoms with van der Waals surface area (Å²) in [6, 6.07) is 16.2. The molecule has 2 aromatic carbocycles. The van der Waals surface area contributed by atoms with Crippen molar-refractivity contribution in [1.29, 1.82) is 0 Å². The van der Waals surface area contributed by atoms with E-state index in [4.69, 9.17) is 11.6 Å². The van der Waals surface area contributed by atoms with Crippen molar-refractivity contribution >= 4 is 23.2 Å². The highest BCUT2D eigenvalue weighted by atomic mass is 35.5. The second-order valence-electron chi connectivity index (χ2n) is 7.17. The Hall–Kier alpha value is -2.04. The van der Waals surface area contributed by atoms with Gasteiger partial charge in [0.05, 0.1) is 6.42 Å². The van der Waals surface area contributed by atoms with E-state index in [9.17, 15) is 4.79 Å². The van der Waals surface area contributed by atoms with Crippen LogP contribution in [0.1, 0.15) is 17.5 Å². The molecule has 144 valence electrons. The third kappa shape index (κ3) is 6.26. The van der Waals surface area contributed by atoms with Crippen molar-refractivity contribution in [3.63, 3.8) is 0 Å². The zero-order chi connectivity index (χ0) is 19.1. The SMILES string of the molecule is Cc1cccc(N2CCN(CCCNC(=O)Cc3ccc(Cl)cc3)CC2)c1. The van der Waals surface area contributed by atoms with E-state index in [2.05, 4.69) is 46.3 Å². The molecule has 0 saturated carbocycles. The molecule has 27 heavy (non-hydrogen) atoms. The lowest BCUT2D eigenvalue weighted by molar-refractivity contribution is -0.120. The molecule has 1 heterocycles. The molecule has 1 amide bonds. The molecule has 1 aliphatic heterocycles.